The van der Waals surface area contributed by atoms with E-state index in [0.717, 1.165) is 19.3 Å². The molecule has 194 valence electrons. The molecule has 2 amide bonds. The van der Waals surface area contributed by atoms with Crippen molar-refractivity contribution in [1.82, 2.24) is 10.6 Å². The fraction of sp³-hybridized carbons (Fsp3) is 0.250. The number of hydrogen-bond donors (Lipinski definition) is 4. The average Bonchev–Trinajstić information content (AvgIpc) is 2.90. The van der Waals surface area contributed by atoms with E-state index in [-0.39, 0.29) is 23.8 Å². The van der Waals surface area contributed by atoms with Crippen LogP contribution in [0.1, 0.15) is 34.3 Å². The van der Waals surface area contributed by atoms with Gasteiger partial charge in [0.05, 0.1) is 5.69 Å². The fourth-order valence-electron chi connectivity index (χ4n) is 3.70. The van der Waals surface area contributed by atoms with Gasteiger partial charge in [0, 0.05) is 18.5 Å². The minimum absolute atomic E-state index is 0.0101. The molecule has 2 atom stereocenters. The van der Waals surface area contributed by atoms with Crippen LogP contribution >= 0.6 is 0 Å². The first kappa shape index (κ1) is 27.2. The molecule has 0 heterocycles. The first-order valence-electron chi connectivity index (χ1n) is 11.9. The van der Waals surface area contributed by atoms with Crippen molar-refractivity contribution in [3.63, 3.8) is 0 Å². The van der Waals surface area contributed by atoms with Crippen LogP contribution in [0.3, 0.4) is 0 Å². The first-order chi connectivity index (χ1) is 17.8. The van der Waals surface area contributed by atoms with E-state index in [4.69, 9.17) is 15.6 Å². The van der Waals surface area contributed by atoms with Crippen LogP contribution < -0.4 is 21.1 Å². The molecule has 0 saturated heterocycles. The Labute approximate surface area is 214 Å². The molecule has 8 nitrogen and oxygen atoms in total. The van der Waals surface area contributed by atoms with Gasteiger partial charge in [-0.1, -0.05) is 54.6 Å². The minimum atomic E-state index is -2.56. The smallest absolute Gasteiger partial charge is 0.378 e. The Bertz CT molecular complexity index is 1190. The number of carboxylic acid groups (broad SMARTS) is 1. The minimum Gasteiger partial charge on any atom is -0.476 e. The van der Waals surface area contributed by atoms with Crippen molar-refractivity contribution in [1.29, 1.82) is 0 Å². The maximum Gasteiger partial charge on any atom is 0.378 e. The van der Waals surface area contributed by atoms with Crippen LogP contribution in [0.15, 0.2) is 78.9 Å². The Morgan fingerprint density at radius 2 is 1.59 bits per heavy atom. The second-order valence-corrected chi connectivity index (χ2v) is 8.47. The summed E-state index contributed by atoms with van der Waals surface area (Å²) in [6.07, 6.45) is 0.123. The fourth-order valence-corrected chi connectivity index (χ4v) is 3.70. The van der Waals surface area contributed by atoms with Gasteiger partial charge in [-0.05, 0) is 54.7 Å². The molecular weight excluding hydrogens is 477 g/mol. The Hall–Kier alpha value is -4.40. The number of carbonyl (C=O) groups excluding carboxylic acids is 2. The van der Waals surface area contributed by atoms with E-state index < -0.39 is 24.3 Å². The van der Waals surface area contributed by atoms with Crippen molar-refractivity contribution in [2.24, 2.45) is 0 Å². The van der Waals surface area contributed by atoms with E-state index in [1.807, 2.05) is 18.2 Å². The summed E-state index contributed by atoms with van der Waals surface area (Å²) in [7, 11) is 0. The number of rotatable bonds is 13. The number of aliphatic carboxylic acids is 1. The lowest BCUT2D eigenvalue weighted by Crippen LogP contribution is -2.48. The molecule has 9 heteroatoms. The molecule has 37 heavy (non-hydrogen) atoms. The van der Waals surface area contributed by atoms with Crippen LogP contribution in [0.4, 0.5) is 10.1 Å². The lowest BCUT2D eigenvalue weighted by atomic mass is 10.0. The Morgan fingerprint density at radius 1 is 0.919 bits per heavy atom. The number of carbonyl (C=O) groups is 3. The van der Waals surface area contributed by atoms with Crippen LogP contribution in [-0.2, 0) is 22.4 Å². The molecule has 0 fully saturated rings. The van der Waals surface area contributed by atoms with E-state index in [2.05, 4.69) is 22.8 Å². The van der Waals surface area contributed by atoms with Crippen LogP contribution in [0.2, 0.25) is 0 Å². The third-order valence-electron chi connectivity index (χ3n) is 5.63. The highest BCUT2D eigenvalue weighted by molar-refractivity contribution is 5.97. The van der Waals surface area contributed by atoms with Gasteiger partial charge in [-0.15, -0.1) is 0 Å². The molecule has 0 bridgehead atoms. The highest BCUT2D eigenvalue weighted by atomic mass is 19.1. The van der Waals surface area contributed by atoms with Gasteiger partial charge in [0.15, 0.2) is 0 Å². The van der Waals surface area contributed by atoms with Gasteiger partial charge in [-0.2, -0.15) is 4.39 Å². The van der Waals surface area contributed by atoms with Crippen molar-refractivity contribution in [2.75, 3.05) is 12.3 Å². The van der Waals surface area contributed by atoms with Crippen LogP contribution in [-0.4, -0.2) is 41.8 Å². The average molecular weight is 508 g/mol. The molecule has 3 rings (SSSR count). The lowest BCUT2D eigenvalue weighted by molar-refractivity contribution is -0.153. The second-order valence-electron chi connectivity index (χ2n) is 8.47. The standard InChI is InChI=1S/C28H30FN3O5/c29-25(28(35)36)37-24-15-14-20(17-22(24)30)18-23(32-26(33)21-12-5-2-6-13-21)27(34)31-16-8-7-11-19-9-3-1-4-10-19/h1-6,9-10,12-15,17,23,25H,7-8,11,16,18,30H2,(H,31,34)(H,32,33)(H,35,36)/t23-,25?/m0/s1. The zero-order chi connectivity index (χ0) is 26.6. The summed E-state index contributed by atoms with van der Waals surface area (Å²) in [5.41, 5.74) is 8.13. The molecule has 0 aliphatic rings. The van der Waals surface area contributed by atoms with Crippen molar-refractivity contribution in [2.45, 2.75) is 38.1 Å². The normalized spacial score (nSPS) is 12.2. The predicted octanol–water partition coefficient (Wildman–Crippen LogP) is 3.51. The summed E-state index contributed by atoms with van der Waals surface area (Å²) in [5, 5.41) is 14.3. The van der Waals surface area contributed by atoms with Crippen molar-refractivity contribution < 1.29 is 28.6 Å². The number of nitrogens with one attached hydrogen (secondary N) is 2. The van der Waals surface area contributed by atoms with Crippen molar-refractivity contribution >= 4 is 23.5 Å². The maximum absolute atomic E-state index is 13.4. The van der Waals surface area contributed by atoms with Crippen LogP contribution in [0.25, 0.3) is 0 Å². The zero-order valence-corrected chi connectivity index (χ0v) is 20.2. The molecule has 0 spiro atoms. The number of anilines is 1. The van der Waals surface area contributed by atoms with E-state index in [1.54, 1.807) is 30.3 Å². The third-order valence-corrected chi connectivity index (χ3v) is 5.63. The summed E-state index contributed by atoms with van der Waals surface area (Å²) >= 11 is 0. The summed E-state index contributed by atoms with van der Waals surface area (Å²) in [6, 6.07) is 22.0. The highest BCUT2D eigenvalue weighted by Gasteiger charge is 2.23. The molecule has 0 saturated carbocycles. The number of nitrogen functional groups attached to an aromatic ring is 1. The lowest BCUT2D eigenvalue weighted by Gasteiger charge is -2.19. The predicted molar refractivity (Wildman–Crippen MR) is 138 cm³/mol. The molecule has 1 unspecified atom stereocenters. The number of halogens is 1. The summed E-state index contributed by atoms with van der Waals surface area (Å²) < 4.78 is 18.1. The van der Waals surface area contributed by atoms with Gasteiger partial charge < -0.3 is 26.2 Å². The Balaban J connectivity index is 1.63. The summed E-state index contributed by atoms with van der Waals surface area (Å²) in [4.78, 5) is 36.5. The first-order valence-corrected chi connectivity index (χ1v) is 11.9. The second kappa shape index (κ2) is 13.6. The van der Waals surface area contributed by atoms with Crippen LogP contribution in [0.5, 0.6) is 5.75 Å². The summed E-state index contributed by atoms with van der Waals surface area (Å²) in [6.45, 7) is 0.450. The van der Waals surface area contributed by atoms with E-state index in [9.17, 15) is 18.8 Å². The molecule has 0 aliphatic carbocycles. The molecule has 5 N–H and O–H groups in total. The largest absolute Gasteiger partial charge is 0.476 e. The van der Waals surface area contributed by atoms with Gasteiger partial charge >= 0.3 is 12.3 Å². The van der Waals surface area contributed by atoms with Crippen molar-refractivity contribution in [3.8, 4) is 5.75 Å². The summed E-state index contributed by atoms with van der Waals surface area (Å²) in [5.74, 6) is -2.66. The molecular formula is C28H30FN3O5. The van der Waals surface area contributed by atoms with E-state index >= 15 is 0 Å². The Morgan fingerprint density at radius 3 is 2.24 bits per heavy atom. The van der Waals surface area contributed by atoms with E-state index in [1.165, 1.54) is 23.8 Å². The van der Waals surface area contributed by atoms with Gasteiger partial charge in [0.1, 0.15) is 11.8 Å². The number of nitrogens with two attached hydrogens (primary N) is 1. The number of ether oxygens (including phenoxy) is 1. The van der Waals surface area contributed by atoms with Gasteiger partial charge in [0.2, 0.25) is 5.91 Å². The monoisotopic (exact) mass is 507 g/mol. The molecule has 0 radical (unpaired) electrons. The van der Waals surface area contributed by atoms with Gasteiger partial charge in [-0.25, -0.2) is 4.79 Å². The maximum atomic E-state index is 13.4. The number of benzene rings is 3. The third kappa shape index (κ3) is 8.64. The zero-order valence-electron chi connectivity index (χ0n) is 20.2. The molecule has 3 aromatic carbocycles. The number of alkyl halides is 1. The van der Waals surface area contributed by atoms with E-state index in [0.29, 0.717) is 17.7 Å². The molecule has 3 aromatic rings. The SMILES string of the molecule is Nc1cc(C[C@H](NC(=O)c2ccccc2)C(=O)NCCCCc2ccccc2)ccc1OC(F)C(=O)O. The van der Waals surface area contributed by atoms with Crippen LogP contribution in [0, 0.1) is 0 Å². The van der Waals surface area contributed by atoms with Gasteiger partial charge in [-0.3, -0.25) is 9.59 Å². The topological polar surface area (TPSA) is 131 Å². The number of carboxylic acids is 1. The number of hydrogen-bond acceptors (Lipinski definition) is 5. The Kier molecular flexibility index (Phi) is 10.0. The number of unbranched alkanes of at least 4 members (excludes halogenated alkanes) is 1. The van der Waals surface area contributed by atoms with Gasteiger partial charge in [0.25, 0.3) is 5.91 Å². The molecule has 0 aromatic heterocycles. The highest BCUT2D eigenvalue weighted by Crippen LogP contribution is 2.25. The molecule has 0 aliphatic heterocycles. The quantitative estimate of drug-likeness (QED) is 0.207. The number of amides is 2. The van der Waals surface area contributed by atoms with Crippen molar-refractivity contribution in [3.05, 3.63) is 95.6 Å². The number of aryl methyl sites for hydroxylation is 1.